The van der Waals surface area contributed by atoms with Gasteiger partial charge < -0.3 is 14.2 Å². The molecule has 0 aromatic rings. The average Bonchev–Trinajstić information content (AvgIpc) is 3.40. The quantitative estimate of drug-likeness (QED) is 0.0261. The molecule has 0 rings (SSSR count). The van der Waals surface area contributed by atoms with Crippen LogP contribution in [0.25, 0.3) is 0 Å². The average molecular weight is 1030 g/mol. The molecule has 0 aromatic heterocycles. The summed E-state index contributed by atoms with van der Waals surface area (Å²) in [7, 11) is 0. The molecule has 420 valence electrons. The third-order valence-corrected chi connectivity index (χ3v) is 12.7. The minimum absolute atomic E-state index is 0.0893. The van der Waals surface area contributed by atoms with Gasteiger partial charge in [0, 0.05) is 19.3 Å². The van der Waals surface area contributed by atoms with Crippen LogP contribution in [-0.2, 0) is 28.6 Å². The summed E-state index contributed by atoms with van der Waals surface area (Å²) in [6.07, 6.45) is 84.7. The molecular formula is C68H112O6. The van der Waals surface area contributed by atoms with E-state index in [2.05, 4.69) is 142 Å². The van der Waals surface area contributed by atoms with E-state index in [-0.39, 0.29) is 31.1 Å². The summed E-state index contributed by atoms with van der Waals surface area (Å²) < 4.78 is 16.9. The van der Waals surface area contributed by atoms with Gasteiger partial charge in [0.15, 0.2) is 6.10 Å². The van der Waals surface area contributed by atoms with Crippen LogP contribution in [0.2, 0.25) is 0 Å². The zero-order valence-corrected chi connectivity index (χ0v) is 48.1. The molecule has 0 fully saturated rings. The summed E-state index contributed by atoms with van der Waals surface area (Å²) in [5.41, 5.74) is 0. The topological polar surface area (TPSA) is 78.9 Å². The van der Waals surface area contributed by atoms with Crippen molar-refractivity contribution in [1.82, 2.24) is 0 Å². The number of hydrogen-bond donors (Lipinski definition) is 0. The van der Waals surface area contributed by atoms with Crippen molar-refractivity contribution in [2.24, 2.45) is 0 Å². The van der Waals surface area contributed by atoms with Gasteiger partial charge in [-0.15, -0.1) is 0 Å². The summed E-state index contributed by atoms with van der Waals surface area (Å²) in [5.74, 6) is -0.916. The van der Waals surface area contributed by atoms with Crippen LogP contribution in [0.3, 0.4) is 0 Å². The first-order valence-corrected chi connectivity index (χ1v) is 30.5. The van der Waals surface area contributed by atoms with Crippen molar-refractivity contribution >= 4 is 17.9 Å². The molecule has 6 nitrogen and oxygen atoms in total. The molecule has 0 radical (unpaired) electrons. The van der Waals surface area contributed by atoms with Gasteiger partial charge in [-0.25, -0.2) is 0 Å². The Balaban J connectivity index is 4.40. The molecule has 0 saturated heterocycles. The highest BCUT2D eigenvalue weighted by molar-refractivity contribution is 5.71. The Morgan fingerprint density at radius 3 is 0.824 bits per heavy atom. The van der Waals surface area contributed by atoms with Crippen molar-refractivity contribution in [2.75, 3.05) is 13.2 Å². The van der Waals surface area contributed by atoms with Crippen molar-refractivity contribution in [3.63, 3.8) is 0 Å². The van der Waals surface area contributed by atoms with Gasteiger partial charge in [-0.05, 0) is 109 Å². The molecule has 0 aliphatic rings. The first-order chi connectivity index (χ1) is 36.5. The lowest BCUT2D eigenvalue weighted by Gasteiger charge is -2.18. The Morgan fingerprint density at radius 2 is 0.527 bits per heavy atom. The van der Waals surface area contributed by atoms with Crippen molar-refractivity contribution in [3.8, 4) is 0 Å². The Bertz CT molecular complexity index is 1550. The van der Waals surface area contributed by atoms with Gasteiger partial charge in [0.25, 0.3) is 0 Å². The molecule has 0 saturated carbocycles. The van der Waals surface area contributed by atoms with Crippen molar-refractivity contribution in [2.45, 2.75) is 277 Å². The van der Waals surface area contributed by atoms with Crippen LogP contribution < -0.4 is 0 Å². The Labute approximate surface area is 456 Å². The van der Waals surface area contributed by atoms with E-state index in [1.165, 1.54) is 83.5 Å². The monoisotopic (exact) mass is 1020 g/mol. The van der Waals surface area contributed by atoms with Crippen LogP contribution in [0.1, 0.15) is 271 Å². The highest BCUT2D eigenvalue weighted by Crippen LogP contribution is 2.15. The van der Waals surface area contributed by atoms with Gasteiger partial charge in [0.1, 0.15) is 13.2 Å². The number of rotatable bonds is 54. The van der Waals surface area contributed by atoms with E-state index in [4.69, 9.17) is 14.2 Å². The van der Waals surface area contributed by atoms with Crippen LogP contribution in [0.4, 0.5) is 0 Å². The van der Waals surface area contributed by atoms with E-state index >= 15 is 0 Å². The molecule has 74 heavy (non-hydrogen) atoms. The normalized spacial score (nSPS) is 13.0. The lowest BCUT2D eigenvalue weighted by Crippen LogP contribution is -2.30. The van der Waals surface area contributed by atoms with E-state index in [0.29, 0.717) is 19.3 Å². The second-order valence-corrected chi connectivity index (χ2v) is 19.9. The fourth-order valence-corrected chi connectivity index (χ4v) is 8.20. The number of hydrogen-bond acceptors (Lipinski definition) is 6. The number of carbonyl (C=O) groups is 3. The summed E-state index contributed by atoms with van der Waals surface area (Å²) >= 11 is 0. The maximum atomic E-state index is 12.9. The molecule has 0 N–H and O–H groups in total. The molecule has 6 heteroatoms. The number of esters is 3. The Morgan fingerprint density at radius 1 is 0.284 bits per heavy atom. The van der Waals surface area contributed by atoms with Crippen LogP contribution in [0.15, 0.2) is 122 Å². The fraction of sp³-hybridized carbons (Fsp3) is 0.662. The first-order valence-electron chi connectivity index (χ1n) is 30.5. The lowest BCUT2D eigenvalue weighted by molar-refractivity contribution is -0.167. The largest absolute Gasteiger partial charge is 0.462 e. The van der Waals surface area contributed by atoms with E-state index < -0.39 is 6.10 Å². The van der Waals surface area contributed by atoms with Crippen LogP contribution in [-0.4, -0.2) is 37.2 Å². The maximum Gasteiger partial charge on any atom is 0.306 e. The molecule has 1 atom stereocenters. The van der Waals surface area contributed by atoms with E-state index in [1.807, 2.05) is 0 Å². The summed E-state index contributed by atoms with van der Waals surface area (Å²) in [6.45, 7) is 6.39. The van der Waals surface area contributed by atoms with Gasteiger partial charge in [-0.2, -0.15) is 0 Å². The van der Waals surface area contributed by atoms with Gasteiger partial charge >= 0.3 is 17.9 Å². The summed E-state index contributed by atoms with van der Waals surface area (Å²) in [6, 6.07) is 0. The first kappa shape index (κ1) is 69.8. The van der Waals surface area contributed by atoms with E-state index in [0.717, 1.165) is 148 Å². The van der Waals surface area contributed by atoms with Gasteiger partial charge in [-0.1, -0.05) is 264 Å². The molecule has 0 aliphatic carbocycles. The third kappa shape index (κ3) is 58.7. The number of ether oxygens (including phenoxy) is 3. The number of unbranched alkanes of at least 4 members (excludes halogenated alkanes) is 23. The second kappa shape index (κ2) is 61.4. The van der Waals surface area contributed by atoms with Crippen molar-refractivity contribution in [1.29, 1.82) is 0 Å². The van der Waals surface area contributed by atoms with Gasteiger partial charge in [0.2, 0.25) is 0 Å². The molecule has 0 aromatic carbocycles. The second-order valence-electron chi connectivity index (χ2n) is 19.9. The molecule has 0 bridgehead atoms. The minimum atomic E-state index is -0.795. The van der Waals surface area contributed by atoms with Crippen molar-refractivity contribution < 1.29 is 28.6 Å². The van der Waals surface area contributed by atoms with E-state index in [9.17, 15) is 14.4 Å². The zero-order valence-electron chi connectivity index (χ0n) is 48.1. The van der Waals surface area contributed by atoms with Crippen LogP contribution in [0, 0.1) is 0 Å². The molecule has 0 aliphatic heterocycles. The molecule has 0 amide bonds. The predicted molar refractivity (Wildman–Crippen MR) is 320 cm³/mol. The van der Waals surface area contributed by atoms with Gasteiger partial charge in [0.05, 0.1) is 0 Å². The Kier molecular flexibility index (Phi) is 57.9. The summed E-state index contributed by atoms with van der Waals surface area (Å²) in [5, 5.41) is 0. The lowest BCUT2D eigenvalue weighted by atomic mass is 10.0. The third-order valence-electron chi connectivity index (χ3n) is 12.7. The molecule has 0 spiro atoms. The molecular weight excluding hydrogens is 913 g/mol. The predicted octanol–water partition coefficient (Wildman–Crippen LogP) is 20.8. The van der Waals surface area contributed by atoms with Crippen LogP contribution in [0.5, 0.6) is 0 Å². The fourth-order valence-electron chi connectivity index (χ4n) is 8.20. The highest BCUT2D eigenvalue weighted by Gasteiger charge is 2.19. The summed E-state index contributed by atoms with van der Waals surface area (Å²) in [4.78, 5) is 38.2. The maximum absolute atomic E-state index is 12.9. The highest BCUT2D eigenvalue weighted by atomic mass is 16.6. The molecule has 1 unspecified atom stereocenters. The number of allylic oxidation sites excluding steroid dienone is 20. The SMILES string of the molecule is CC/C=C\C/C=C\C/C=C\C/C=C\C/C=C\C/C=C\CCCCCCCCC(=O)OCC(COC(=O)CCCCCCCCCCCCCC)OC(=O)CCCCCCCC/C=C\C/C=C\C/C=C\C/C=C\CC. The van der Waals surface area contributed by atoms with Crippen molar-refractivity contribution in [3.05, 3.63) is 122 Å². The van der Waals surface area contributed by atoms with Gasteiger partial charge in [-0.3, -0.25) is 14.4 Å². The van der Waals surface area contributed by atoms with E-state index in [1.54, 1.807) is 0 Å². The smallest absolute Gasteiger partial charge is 0.306 e. The standard InChI is InChI=1S/C68H112O6/c1-4-7-10-13-16-19-22-25-27-29-31-32-33-34-35-36-38-39-41-43-46-49-52-55-58-61-67(70)73-64-65(63-72-66(69)60-57-54-51-48-45-24-21-18-15-12-9-6-3)74-68(71)62-59-56-53-50-47-44-42-40-37-30-28-26-23-20-17-14-11-8-5-2/h7-8,10-11,16-17,19-20,25-28,31-32,34-35,37-40,65H,4-6,9,12-15,18,21-24,29-30,33,36,41-64H2,1-3H3/b10-7-,11-8-,19-16-,20-17-,27-25-,28-26-,32-31-,35-34-,39-38-,40-37-. The van der Waals surface area contributed by atoms with Crippen LogP contribution >= 0.6 is 0 Å². The minimum Gasteiger partial charge on any atom is -0.462 e. The number of carbonyl (C=O) groups excluding carboxylic acids is 3. The Hall–Kier alpha value is -4.19. The zero-order chi connectivity index (χ0) is 53.6. The molecule has 0 heterocycles.